The molecular formula is C29H28N8. The molecule has 0 aliphatic carbocycles. The van der Waals surface area contributed by atoms with E-state index in [1.807, 2.05) is 72.4 Å². The zero-order chi connectivity index (χ0) is 25.0. The summed E-state index contributed by atoms with van der Waals surface area (Å²) in [7, 11) is 0. The van der Waals surface area contributed by atoms with Crippen LogP contribution in [0.5, 0.6) is 0 Å². The van der Waals surface area contributed by atoms with Gasteiger partial charge in [0, 0.05) is 36.4 Å². The van der Waals surface area contributed by atoms with Gasteiger partial charge in [0.25, 0.3) is 0 Å². The second-order valence-corrected chi connectivity index (χ2v) is 9.14. The van der Waals surface area contributed by atoms with Crippen molar-refractivity contribution in [1.82, 2.24) is 24.7 Å². The molecule has 184 valence electrons. The predicted molar refractivity (Wildman–Crippen MR) is 148 cm³/mol. The summed E-state index contributed by atoms with van der Waals surface area (Å²) in [4.78, 5) is 16.1. The molecule has 0 radical (unpaired) electrons. The van der Waals surface area contributed by atoms with E-state index in [2.05, 4.69) is 32.5 Å². The fourth-order valence-corrected chi connectivity index (χ4v) is 4.79. The Morgan fingerprint density at radius 3 is 2.43 bits per heavy atom. The Labute approximate surface area is 215 Å². The second kappa shape index (κ2) is 10.2. The first-order valence-corrected chi connectivity index (χ1v) is 12.6. The van der Waals surface area contributed by atoms with E-state index in [4.69, 9.17) is 15.1 Å². The lowest BCUT2D eigenvalue weighted by Crippen LogP contribution is -2.32. The Morgan fingerprint density at radius 1 is 0.865 bits per heavy atom. The Balaban J connectivity index is 1.38. The molecule has 0 saturated carbocycles. The predicted octanol–water partition coefficient (Wildman–Crippen LogP) is 5.62. The van der Waals surface area contributed by atoms with Gasteiger partial charge in [0.2, 0.25) is 0 Å². The number of para-hydroxylation sites is 2. The maximum atomic E-state index is 4.91. The van der Waals surface area contributed by atoms with Gasteiger partial charge in [-0.3, -0.25) is 10.4 Å². The van der Waals surface area contributed by atoms with Crippen molar-refractivity contribution in [1.29, 1.82) is 0 Å². The molecule has 1 aliphatic heterocycles. The average molecular weight is 489 g/mol. The third kappa shape index (κ3) is 4.65. The van der Waals surface area contributed by atoms with Crippen LogP contribution in [0.4, 0.5) is 11.6 Å². The molecule has 0 spiro atoms. The number of hydrogen-bond donors (Lipinski definition) is 1. The number of piperidine rings is 1. The number of benzene rings is 2. The van der Waals surface area contributed by atoms with Crippen LogP contribution >= 0.6 is 0 Å². The molecule has 1 N–H and O–H groups in total. The SMILES string of the molecule is Cc1nn(-c2ccccc2)c(N2CCCCC2)c1C=NNc1nc(-c2ccncc2)nc2ccccc12. The van der Waals surface area contributed by atoms with Gasteiger partial charge in [-0.25, -0.2) is 14.6 Å². The molecule has 0 amide bonds. The van der Waals surface area contributed by atoms with Crippen LogP contribution in [0.3, 0.4) is 0 Å². The first-order valence-electron chi connectivity index (χ1n) is 12.6. The van der Waals surface area contributed by atoms with Gasteiger partial charge >= 0.3 is 0 Å². The Morgan fingerprint density at radius 2 is 1.62 bits per heavy atom. The van der Waals surface area contributed by atoms with Crippen molar-refractivity contribution >= 4 is 28.8 Å². The molecule has 0 unspecified atom stereocenters. The van der Waals surface area contributed by atoms with Crippen molar-refractivity contribution < 1.29 is 0 Å². The van der Waals surface area contributed by atoms with Gasteiger partial charge < -0.3 is 4.90 Å². The normalized spacial score (nSPS) is 13.9. The van der Waals surface area contributed by atoms with Crippen molar-refractivity contribution in [3.8, 4) is 17.1 Å². The number of hydrazone groups is 1. The molecule has 0 bridgehead atoms. The highest BCUT2D eigenvalue weighted by molar-refractivity contribution is 5.92. The quantitative estimate of drug-likeness (QED) is 0.247. The third-order valence-corrected chi connectivity index (χ3v) is 6.64. The number of anilines is 2. The standard InChI is InChI=1S/C29H28N8/c1-21-25(29(36-18-8-3-9-19-36)37(35-21)23-10-4-2-5-11-23)20-31-34-28-24-12-6-7-13-26(24)32-27(33-28)22-14-16-30-17-15-22/h2,4-7,10-17,20H,3,8-9,18-19H2,1H3,(H,32,33,34). The highest BCUT2D eigenvalue weighted by Gasteiger charge is 2.22. The van der Waals surface area contributed by atoms with Crippen LogP contribution in [0.25, 0.3) is 28.0 Å². The molecule has 0 atom stereocenters. The fraction of sp³-hybridized carbons (Fsp3) is 0.207. The van der Waals surface area contributed by atoms with Crippen LogP contribution in [0, 0.1) is 6.92 Å². The number of hydrogen-bond acceptors (Lipinski definition) is 7. The zero-order valence-corrected chi connectivity index (χ0v) is 20.7. The largest absolute Gasteiger partial charge is 0.356 e. The highest BCUT2D eigenvalue weighted by atomic mass is 15.4. The summed E-state index contributed by atoms with van der Waals surface area (Å²) in [6, 6.07) is 22.1. The van der Waals surface area contributed by atoms with Crippen molar-refractivity contribution in [2.75, 3.05) is 23.4 Å². The summed E-state index contributed by atoms with van der Waals surface area (Å²) in [5, 5.41) is 10.5. The Hall–Kier alpha value is -4.59. The molecule has 8 heteroatoms. The topological polar surface area (TPSA) is 84.1 Å². The zero-order valence-electron chi connectivity index (χ0n) is 20.7. The van der Waals surface area contributed by atoms with Crippen LogP contribution in [-0.2, 0) is 0 Å². The van der Waals surface area contributed by atoms with Gasteiger partial charge in [-0.2, -0.15) is 10.2 Å². The maximum absolute atomic E-state index is 4.91. The van der Waals surface area contributed by atoms with Gasteiger partial charge in [0.1, 0.15) is 5.82 Å². The Bertz CT molecular complexity index is 1540. The lowest BCUT2D eigenvalue weighted by atomic mass is 10.1. The van der Waals surface area contributed by atoms with Crippen LogP contribution in [0.15, 0.2) is 84.2 Å². The average Bonchev–Trinajstić information content (AvgIpc) is 3.30. The summed E-state index contributed by atoms with van der Waals surface area (Å²) in [6.45, 7) is 4.06. The first kappa shape index (κ1) is 22.8. The number of aryl methyl sites for hydroxylation is 1. The van der Waals surface area contributed by atoms with Gasteiger partial charge in [-0.05, 0) is 62.6 Å². The minimum absolute atomic E-state index is 0.626. The van der Waals surface area contributed by atoms with Crippen molar-refractivity contribution in [2.24, 2.45) is 5.10 Å². The fourth-order valence-electron chi connectivity index (χ4n) is 4.79. The number of nitrogens with zero attached hydrogens (tertiary/aromatic N) is 7. The lowest BCUT2D eigenvalue weighted by molar-refractivity contribution is 0.567. The highest BCUT2D eigenvalue weighted by Crippen LogP contribution is 2.29. The number of fused-ring (bicyclic) bond motifs is 1. The molecular weight excluding hydrogens is 460 g/mol. The molecule has 4 heterocycles. The van der Waals surface area contributed by atoms with Crippen LogP contribution in [0.1, 0.15) is 30.5 Å². The van der Waals surface area contributed by atoms with Crippen molar-refractivity contribution in [3.05, 3.63) is 90.4 Å². The lowest BCUT2D eigenvalue weighted by Gasteiger charge is -2.29. The van der Waals surface area contributed by atoms with E-state index in [1.54, 1.807) is 12.4 Å². The van der Waals surface area contributed by atoms with Crippen molar-refractivity contribution in [2.45, 2.75) is 26.2 Å². The molecule has 1 saturated heterocycles. The monoisotopic (exact) mass is 488 g/mol. The molecule has 2 aromatic carbocycles. The molecule has 37 heavy (non-hydrogen) atoms. The number of nitrogens with one attached hydrogen (secondary N) is 1. The molecule has 1 fully saturated rings. The van der Waals surface area contributed by atoms with E-state index in [1.165, 1.54) is 19.3 Å². The van der Waals surface area contributed by atoms with E-state index < -0.39 is 0 Å². The summed E-state index contributed by atoms with van der Waals surface area (Å²) in [6.07, 6.45) is 8.98. The molecule has 8 nitrogen and oxygen atoms in total. The molecule has 1 aliphatic rings. The molecule has 3 aromatic heterocycles. The third-order valence-electron chi connectivity index (χ3n) is 6.64. The summed E-state index contributed by atoms with van der Waals surface area (Å²) in [5.74, 6) is 2.36. The number of aromatic nitrogens is 5. The van der Waals surface area contributed by atoms with E-state index in [-0.39, 0.29) is 0 Å². The minimum Gasteiger partial charge on any atom is -0.356 e. The van der Waals surface area contributed by atoms with E-state index >= 15 is 0 Å². The summed E-state index contributed by atoms with van der Waals surface area (Å²) < 4.78 is 2.05. The van der Waals surface area contributed by atoms with E-state index in [9.17, 15) is 0 Å². The minimum atomic E-state index is 0.626. The van der Waals surface area contributed by atoms with E-state index in [0.29, 0.717) is 11.6 Å². The number of pyridine rings is 1. The first-order chi connectivity index (χ1) is 18.3. The Kier molecular flexibility index (Phi) is 6.29. The van der Waals surface area contributed by atoms with Gasteiger partial charge in [0.15, 0.2) is 11.6 Å². The number of rotatable bonds is 6. The van der Waals surface area contributed by atoms with Crippen LogP contribution in [-0.4, -0.2) is 44.0 Å². The summed E-state index contributed by atoms with van der Waals surface area (Å²) in [5.41, 5.74) is 7.93. The smallest absolute Gasteiger partial charge is 0.162 e. The van der Waals surface area contributed by atoms with E-state index in [0.717, 1.165) is 52.3 Å². The molecule has 5 aromatic rings. The van der Waals surface area contributed by atoms with Gasteiger partial charge in [-0.1, -0.05) is 30.3 Å². The molecule has 6 rings (SSSR count). The van der Waals surface area contributed by atoms with Crippen molar-refractivity contribution in [3.63, 3.8) is 0 Å². The second-order valence-electron chi connectivity index (χ2n) is 9.14. The van der Waals surface area contributed by atoms with Crippen LogP contribution < -0.4 is 10.3 Å². The maximum Gasteiger partial charge on any atom is 0.162 e. The van der Waals surface area contributed by atoms with Gasteiger partial charge in [-0.15, -0.1) is 0 Å². The van der Waals surface area contributed by atoms with Crippen LogP contribution in [0.2, 0.25) is 0 Å². The van der Waals surface area contributed by atoms with Gasteiger partial charge in [0.05, 0.1) is 28.7 Å². The summed E-state index contributed by atoms with van der Waals surface area (Å²) >= 11 is 0.